The van der Waals surface area contributed by atoms with Crippen LogP contribution >= 0.6 is 0 Å². The molecular weight excluding hydrogens is 164 g/mol. The molecule has 0 N–H and O–H groups in total. The van der Waals surface area contributed by atoms with Crippen LogP contribution in [0.5, 0.6) is 0 Å². The summed E-state index contributed by atoms with van der Waals surface area (Å²) in [4.78, 5) is 22.8. The molecule has 68 valence electrons. The predicted octanol–water partition coefficient (Wildman–Crippen LogP) is 1.67. The minimum atomic E-state index is -0.458. The first kappa shape index (κ1) is 8.42. The zero-order valence-electron chi connectivity index (χ0n) is 7.62. The molecule has 0 fully saturated rings. The highest BCUT2D eigenvalue weighted by atomic mass is 16.1. The average molecular weight is 176 g/mol. The smallest absolute Gasteiger partial charge is 0.162 e. The van der Waals surface area contributed by atoms with E-state index in [2.05, 4.69) is 0 Å². The normalized spacial score (nSPS) is 37.8. The van der Waals surface area contributed by atoms with Crippen molar-refractivity contribution in [3.05, 3.63) is 24.3 Å². The number of fused-ring (bicyclic) bond motifs is 1. The van der Waals surface area contributed by atoms with E-state index in [1.807, 2.05) is 19.1 Å². The molecule has 0 amide bonds. The molecule has 0 aromatic rings. The molecule has 0 aliphatic heterocycles. The van der Waals surface area contributed by atoms with Gasteiger partial charge in [0.1, 0.15) is 0 Å². The molecule has 2 nitrogen and oxygen atoms in total. The van der Waals surface area contributed by atoms with Gasteiger partial charge in [-0.25, -0.2) is 0 Å². The fourth-order valence-electron chi connectivity index (χ4n) is 2.11. The zero-order chi connectivity index (χ0) is 9.47. The van der Waals surface area contributed by atoms with E-state index in [1.165, 1.54) is 0 Å². The van der Waals surface area contributed by atoms with Crippen molar-refractivity contribution >= 4 is 11.6 Å². The fraction of sp³-hybridized carbons (Fsp3) is 0.455. The Hall–Kier alpha value is -1.18. The Morgan fingerprint density at radius 1 is 1.38 bits per heavy atom. The summed E-state index contributed by atoms with van der Waals surface area (Å²) in [5.74, 6) is 0.395. The molecule has 0 spiro atoms. The second-order valence-corrected chi connectivity index (χ2v) is 4.03. The van der Waals surface area contributed by atoms with E-state index < -0.39 is 5.41 Å². The lowest BCUT2D eigenvalue weighted by atomic mass is 9.64. The third kappa shape index (κ3) is 1.17. The molecular formula is C11H12O2. The van der Waals surface area contributed by atoms with E-state index in [-0.39, 0.29) is 17.5 Å². The summed E-state index contributed by atoms with van der Waals surface area (Å²) in [7, 11) is 0. The topological polar surface area (TPSA) is 34.1 Å². The van der Waals surface area contributed by atoms with Crippen molar-refractivity contribution in [1.82, 2.24) is 0 Å². The van der Waals surface area contributed by atoms with E-state index in [0.29, 0.717) is 6.42 Å². The first-order valence-electron chi connectivity index (χ1n) is 4.55. The van der Waals surface area contributed by atoms with Crippen LogP contribution in [0.1, 0.15) is 19.8 Å². The van der Waals surface area contributed by atoms with Crippen LogP contribution in [-0.4, -0.2) is 11.6 Å². The van der Waals surface area contributed by atoms with Crippen LogP contribution in [0.4, 0.5) is 0 Å². The average Bonchev–Trinajstić information content (AvgIpc) is 2.07. The maximum absolute atomic E-state index is 11.6. The number of carbonyl (C=O) groups excluding carboxylic acids is 2. The molecule has 0 aromatic heterocycles. The standard InChI is InChI=1S/C11H12O2/c1-11-7-9(12)6-5-8(11)3-2-4-10(11)13/h2,4-6,8H,3,7H2,1H3/t8-,11-/m0/s1. The zero-order valence-corrected chi connectivity index (χ0v) is 7.62. The van der Waals surface area contributed by atoms with Gasteiger partial charge in [0.05, 0.1) is 0 Å². The van der Waals surface area contributed by atoms with Crippen LogP contribution in [0.3, 0.4) is 0 Å². The highest BCUT2D eigenvalue weighted by molar-refractivity contribution is 6.02. The minimum absolute atomic E-state index is 0.0717. The van der Waals surface area contributed by atoms with Gasteiger partial charge in [-0.3, -0.25) is 9.59 Å². The van der Waals surface area contributed by atoms with Gasteiger partial charge in [0.15, 0.2) is 11.6 Å². The molecule has 0 radical (unpaired) electrons. The summed E-state index contributed by atoms with van der Waals surface area (Å²) >= 11 is 0. The maximum Gasteiger partial charge on any atom is 0.162 e. The number of hydrogen-bond donors (Lipinski definition) is 0. The SMILES string of the molecule is C[C@]12CC(=O)C=C[C@@H]1CC=CC2=O. The first-order valence-corrected chi connectivity index (χ1v) is 4.55. The van der Waals surface area contributed by atoms with E-state index in [9.17, 15) is 9.59 Å². The summed E-state index contributed by atoms with van der Waals surface area (Å²) in [5, 5.41) is 0. The van der Waals surface area contributed by atoms with Gasteiger partial charge in [-0.1, -0.05) is 19.1 Å². The number of rotatable bonds is 0. The molecule has 2 atom stereocenters. The summed E-state index contributed by atoms with van der Waals surface area (Å²) in [6.07, 6.45) is 8.26. The fourth-order valence-corrected chi connectivity index (χ4v) is 2.11. The van der Waals surface area contributed by atoms with E-state index >= 15 is 0 Å². The number of hydrogen-bond acceptors (Lipinski definition) is 2. The highest BCUT2D eigenvalue weighted by Crippen LogP contribution is 2.41. The Kier molecular flexibility index (Phi) is 1.72. The maximum atomic E-state index is 11.6. The predicted molar refractivity (Wildman–Crippen MR) is 49.1 cm³/mol. The largest absolute Gasteiger partial charge is 0.295 e. The van der Waals surface area contributed by atoms with Crippen molar-refractivity contribution in [2.45, 2.75) is 19.8 Å². The highest BCUT2D eigenvalue weighted by Gasteiger charge is 2.43. The number of allylic oxidation sites excluding steroid dienone is 4. The number of carbonyl (C=O) groups is 2. The first-order chi connectivity index (χ1) is 6.13. The second-order valence-electron chi connectivity index (χ2n) is 4.03. The van der Waals surface area contributed by atoms with E-state index in [1.54, 1.807) is 12.2 Å². The van der Waals surface area contributed by atoms with Crippen LogP contribution in [0, 0.1) is 11.3 Å². The Morgan fingerprint density at radius 3 is 2.92 bits per heavy atom. The van der Waals surface area contributed by atoms with Crippen LogP contribution in [-0.2, 0) is 9.59 Å². The van der Waals surface area contributed by atoms with E-state index in [0.717, 1.165) is 6.42 Å². The van der Waals surface area contributed by atoms with Gasteiger partial charge < -0.3 is 0 Å². The molecule has 0 aromatic carbocycles. The van der Waals surface area contributed by atoms with Crippen LogP contribution in [0.2, 0.25) is 0 Å². The van der Waals surface area contributed by atoms with Crippen molar-refractivity contribution in [2.75, 3.05) is 0 Å². The van der Waals surface area contributed by atoms with Crippen molar-refractivity contribution in [1.29, 1.82) is 0 Å². The monoisotopic (exact) mass is 176 g/mol. The molecule has 0 saturated carbocycles. The van der Waals surface area contributed by atoms with Gasteiger partial charge in [0.25, 0.3) is 0 Å². The van der Waals surface area contributed by atoms with Crippen LogP contribution in [0.25, 0.3) is 0 Å². The molecule has 0 bridgehead atoms. The Labute approximate surface area is 77.3 Å². The lowest BCUT2D eigenvalue weighted by Gasteiger charge is -2.37. The molecule has 0 unspecified atom stereocenters. The van der Waals surface area contributed by atoms with Crippen LogP contribution < -0.4 is 0 Å². The number of ketones is 2. The summed E-state index contributed by atoms with van der Waals surface area (Å²) in [6.45, 7) is 1.89. The molecule has 13 heavy (non-hydrogen) atoms. The van der Waals surface area contributed by atoms with Gasteiger partial charge in [0.2, 0.25) is 0 Å². The van der Waals surface area contributed by atoms with E-state index in [4.69, 9.17) is 0 Å². The molecule has 2 aliphatic rings. The van der Waals surface area contributed by atoms with Gasteiger partial charge >= 0.3 is 0 Å². The lowest BCUT2D eigenvalue weighted by Crippen LogP contribution is -2.40. The minimum Gasteiger partial charge on any atom is -0.295 e. The third-order valence-electron chi connectivity index (χ3n) is 3.10. The van der Waals surface area contributed by atoms with Gasteiger partial charge in [-0.15, -0.1) is 0 Å². The van der Waals surface area contributed by atoms with Gasteiger partial charge in [0, 0.05) is 11.8 Å². The molecule has 2 aliphatic carbocycles. The van der Waals surface area contributed by atoms with Crippen molar-refractivity contribution in [2.24, 2.45) is 11.3 Å². The summed E-state index contributed by atoms with van der Waals surface area (Å²) < 4.78 is 0. The Morgan fingerprint density at radius 2 is 2.15 bits per heavy atom. The van der Waals surface area contributed by atoms with Crippen LogP contribution in [0.15, 0.2) is 24.3 Å². The molecule has 0 heterocycles. The molecule has 0 saturated heterocycles. The van der Waals surface area contributed by atoms with Gasteiger partial charge in [-0.05, 0) is 24.5 Å². The molecule has 2 heteroatoms. The quantitative estimate of drug-likeness (QED) is 0.562. The lowest BCUT2D eigenvalue weighted by molar-refractivity contribution is -0.131. The third-order valence-corrected chi connectivity index (χ3v) is 3.10. The second kappa shape index (κ2) is 2.66. The Bertz CT molecular complexity index is 325. The van der Waals surface area contributed by atoms with Crippen molar-refractivity contribution in [3.63, 3.8) is 0 Å². The van der Waals surface area contributed by atoms with Crippen molar-refractivity contribution < 1.29 is 9.59 Å². The summed E-state index contributed by atoms with van der Waals surface area (Å²) in [5.41, 5.74) is -0.458. The van der Waals surface area contributed by atoms with Crippen molar-refractivity contribution in [3.8, 4) is 0 Å². The molecule has 2 rings (SSSR count). The summed E-state index contributed by atoms with van der Waals surface area (Å²) in [6, 6.07) is 0. The van der Waals surface area contributed by atoms with Gasteiger partial charge in [-0.2, -0.15) is 0 Å². The Balaban J connectivity index is 2.42.